The molecule has 0 unspecified atom stereocenters. The first kappa shape index (κ1) is 11.3. The summed E-state index contributed by atoms with van der Waals surface area (Å²) in [6.07, 6.45) is 5.26. The molecular weight excluding hydrogens is 240 g/mol. The van der Waals surface area contributed by atoms with Crippen LogP contribution >= 0.6 is 15.9 Å². The average molecular weight is 255 g/mol. The third kappa shape index (κ3) is 3.18. The largest absolute Gasteiger partial charge is 0.493 e. The van der Waals surface area contributed by atoms with Crippen molar-refractivity contribution in [2.24, 2.45) is 0 Å². The molecule has 0 heterocycles. The zero-order valence-electron chi connectivity index (χ0n) is 8.59. The number of ether oxygens (including phenoxy) is 1. The monoisotopic (exact) mass is 254 g/mol. The molecule has 0 saturated heterocycles. The molecule has 0 saturated carbocycles. The Hall–Kier alpha value is -0.760. The number of rotatable bonds is 4. The van der Waals surface area contributed by atoms with Crippen molar-refractivity contribution in [3.05, 3.63) is 34.3 Å². The summed E-state index contributed by atoms with van der Waals surface area (Å²) in [5, 5.41) is 0. The van der Waals surface area contributed by atoms with Crippen molar-refractivity contribution >= 4 is 22.0 Å². The molecule has 0 radical (unpaired) electrons. The molecule has 1 rings (SSSR count). The fraction of sp³-hybridized carbons (Fsp3) is 0.333. The van der Waals surface area contributed by atoms with Crippen LogP contribution in [0.4, 0.5) is 0 Å². The normalized spacial score (nSPS) is 10.8. The van der Waals surface area contributed by atoms with Crippen LogP contribution in [0.1, 0.15) is 25.8 Å². The maximum absolute atomic E-state index is 5.52. The molecule has 0 spiro atoms. The summed E-state index contributed by atoms with van der Waals surface area (Å²) < 4.78 is 6.60. The summed E-state index contributed by atoms with van der Waals surface area (Å²) in [4.78, 5) is 0. The first-order valence-corrected chi connectivity index (χ1v) is 5.66. The highest BCUT2D eigenvalue weighted by atomic mass is 79.9. The first-order valence-electron chi connectivity index (χ1n) is 4.86. The second kappa shape index (κ2) is 5.86. The maximum atomic E-state index is 5.52. The highest BCUT2D eigenvalue weighted by Gasteiger charge is 2.00. The molecule has 76 valence electrons. The summed E-state index contributed by atoms with van der Waals surface area (Å²) in [6.45, 7) is 4.82. The van der Waals surface area contributed by atoms with Crippen LogP contribution < -0.4 is 4.74 Å². The van der Waals surface area contributed by atoms with Crippen LogP contribution in [0.25, 0.3) is 6.08 Å². The third-order valence-corrected chi connectivity index (χ3v) is 2.30. The average Bonchev–Trinajstić information content (AvgIpc) is 2.18. The van der Waals surface area contributed by atoms with Gasteiger partial charge in [0.25, 0.3) is 0 Å². The number of allylic oxidation sites excluding steroid dienone is 1. The topological polar surface area (TPSA) is 9.23 Å². The van der Waals surface area contributed by atoms with E-state index in [-0.39, 0.29) is 0 Å². The molecule has 14 heavy (non-hydrogen) atoms. The minimum Gasteiger partial charge on any atom is -0.493 e. The van der Waals surface area contributed by atoms with Gasteiger partial charge in [-0.1, -0.05) is 35.0 Å². The van der Waals surface area contributed by atoms with Gasteiger partial charge in [-0.2, -0.15) is 0 Å². The molecule has 0 aliphatic carbocycles. The van der Waals surface area contributed by atoms with Crippen LogP contribution in [-0.4, -0.2) is 6.61 Å². The molecule has 0 N–H and O–H groups in total. The van der Waals surface area contributed by atoms with Gasteiger partial charge in [0.1, 0.15) is 5.75 Å². The SMILES string of the molecule is CC/C=C\c1cc(Br)ccc1OCC. The second-order valence-corrected chi connectivity index (χ2v) is 3.84. The predicted octanol–water partition coefficient (Wildman–Crippen LogP) is 4.27. The van der Waals surface area contributed by atoms with Crippen LogP contribution in [-0.2, 0) is 0 Å². The molecule has 1 aromatic rings. The fourth-order valence-corrected chi connectivity index (χ4v) is 1.56. The van der Waals surface area contributed by atoms with Crippen LogP contribution in [0.3, 0.4) is 0 Å². The van der Waals surface area contributed by atoms with Gasteiger partial charge in [0, 0.05) is 10.0 Å². The lowest BCUT2D eigenvalue weighted by Crippen LogP contribution is -1.93. The Morgan fingerprint density at radius 2 is 2.14 bits per heavy atom. The Kier molecular flexibility index (Phi) is 4.74. The molecule has 0 aliphatic rings. The van der Waals surface area contributed by atoms with E-state index in [4.69, 9.17) is 4.74 Å². The smallest absolute Gasteiger partial charge is 0.126 e. The van der Waals surface area contributed by atoms with Crippen molar-refractivity contribution in [2.75, 3.05) is 6.61 Å². The summed E-state index contributed by atoms with van der Waals surface area (Å²) in [7, 11) is 0. The number of hydrogen-bond donors (Lipinski definition) is 0. The van der Waals surface area contributed by atoms with Gasteiger partial charge in [0.2, 0.25) is 0 Å². The third-order valence-electron chi connectivity index (χ3n) is 1.80. The van der Waals surface area contributed by atoms with E-state index in [1.165, 1.54) is 0 Å². The highest BCUT2D eigenvalue weighted by Crippen LogP contribution is 2.24. The van der Waals surface area contributed by atoms with Crippen LogP contribution in [0, 0.1) is 0 Å². The second-order valence-electron chi connectivity index (χ2n) is 2.93. The molecule has 2 heteroatoms. The molecule has 1 nitrogen and oxygen atoms in total. The number of hydrogen-bond acceptors (Lipinski definition) is 1. The van der Waals surface area contributed by atoms with E-state index in [0.717, 1.165) is 22.2 Å². The quantitative estimate of drug-likeness (QED) is 0.780. The van der Waals surface area contributed by atoms with E-state index in [9.17, 15) is 0 Å². The van der Waals surface area contributed by atoms with E-state index >= 15 is 0 Å². The summed E-state index contributed by atoms with van der Waals surface area (Å²) in [6, 6.07) is 6.05. The Morgan fingerprint density at radius 3 is 2.79 bits per heavy atom. The Morgan fingerprint density at radius 1 is 1.36 bits per heavy atom. The van der Waals surface area contributed by atoms with Crippen LogP contribution in [0.15, 0.2) is 28.7 Å². The van der Waals surface area contributed by atoms with Crippen LogP contribution in [0.5, 0.6) is 5.75 Å². The van der Waals surface area contributed by atoms with Crippen molar-refractivity contribution in [3.63, 3.8) is 0 Å². The van der Waals surface area contributed by atoms with Gasteiger partial charge in [0.05, 0.1) is 6.61 Å². The minimum absolute atomic E-state index is 0.703. The minimum atomic E-state index is 0.703. The summed E-state index contributed by atoms with van der Waals surface area (Å²) in [5.74, 6) is 0.945. The molecule has 0 amide bonds. The van der Waals surface area contributed by atoms with Crippen molar-refractivity contribution in [1.29, 1.82) is 0 Å². The van der Waals surface area contributed by atoms with Gasteiger partial charge in [-0.3, -0.25) is 0 Å². The van der Waals surface area contributed by atoms with E-state index in [1.807, 2.05) is 19.1 Å². The van der Waals surface area contributed by atoms with Crippen molar-refractivity contribution < 1.29 is 4.74 Å². The Bertz CT molecular complexity index is 318. The Labute approximate surface area is 93.9 Å². The van der Waals surface area contributed by atoms with Crippen molar-refractivity contribution in [3.8, 4) is 5.75 Å². The van der Waals surface area contributed by atoms with Gasteiger partial charge in [-0.05, 0) is 31.5 Å². The van der Waals surface area contributed by atoms with Gasteiger partial charge < -0.3 is 4.74 Å². The fourth-order valence-electron chi connectivity index (χ4n) is 1.18. The molecule has 1 aromatic carbocycles. The van der Waals surface area contributed by atoms with Gasteiger partial charge in [-0.25, -0.2) is 0 Å². The van der Waals surface area contributed by atoms with E-state index in [1.54, 1.807) is 0 Å². The first-order chi connectivity index (χ1) is 6.77. The molecular formula is C12H15BrO. The van der Waals surface area contributed by atoms with Crippen molar-refractivity contribution in [1.82, 2.24) is 0 Å². The van der Waals surface area contributed by atoms with Gasteiger partial charge in [-0.15, -0.1) is 0 Å². The molecule has 0 aliphatic heterocycles. The number of halogens is 1. The lowest BCUT2D eigenvalue weighted by molar-refractivity contribution is 0.339. The summed E-state index contributed by atoms with van der Waals surface area (Å²) in [5.41, 5.74) is 1.13. The molecule has 0 atom stereocenters. The van der Waals surface area contributed by atoms with Crippen LogP contribution in [0.2, 0.25) is 0 Å². The summed E-state index contributed by atoms with van der Waals surface area (Å²) >= 11 is 3.45. The Balaban J connectivity index is 2.96. The standard InChI is InChI=1S/C12H15BrO/c1-3-5-6-10-9-11(13)7-8-12(10)14-4-2/h5-9H,3-4H2,1-2H3/b6-5-. The van der Waals surface area contributed by atoms with E-state index in [0.29, 0.717) is 6.61 Å². The van der Waals surface area contributed by atoms with Gasteiger partial charge in [0.15, 0.2) is 0 Å². The van der Waals surface area contributed by atoms with E-state index < -0.39 is 0 Å². The molecule has 0 bridgehead atoms. The molecule has 0 aromatic heterocycles. The lowest BCUT2D eigenvalue weighted by Gasteiger charge is -2.07. The molecule has 0 fully saturated rings. The predicted molar refractivity (Wildman–Crippen MR) is 64.6 cm³/mol. The lowest BCUT2D eigenvalue weighted by atomic mass is 10.2. The zero-order chi connectivity index (χ0) is 10.4. The van der Waals surface area contributed by atoms with Crippen molar-refractivity contribution in [2.45, 2.75) is 20.3 Å². The maximum Gasteiger partial charge on any atom is 0.126 e. The zero-order valence-corrected chi connectivity index (χ0v) is 10.2. The van der Waals surface area contributed by atoms with E-state index in [2.05, 4.69) is 41.1 Å². The van der Waals surface area contributed by atoms with Gasteiger partial charge >= 0.3 is 0 Å². The number of benzene rings is 1. The highest BCUT2D eigenvalue weighted by molar-refractivity contribution is 9.10.